The van der Waals surface area contributed by atoms with Crippen LogP contribution >= 0.6 is 0 Å². The smallest absolute Gasteiger partial charge is 0.410 e. The molecule has 0 bridgehead atoms. The van der Waals surface area contributed by atoms with E-state index in [9.17, 15) is 9.59 Å². The number of nitrogens with zero attached hydrogens (tertiary/aromatic N) is 2. The van der Waals surface area contributed by atoms with Gasteiger partial charge in [0, 0.05) is 26.2 Å². The molecular weight excluding hydrogens is 288 g/mol. The maximum absolute atomic E-state index is 12.0. The summed E-state index contributed by atoms with van der Waals surface area (Å²) in [4.78, 5) is 26.6. The van der Waals surface area contributed by atoms with Gasteiger partial charge in [-0.25, -0.2) is 9.59 Å². The van der Waals surface area contributed by atoms with E-state index in [0.717, 1.165) is 0 Å². The van der Waals surface area contributed by atoms with E-state index in [4.69, 9.17) is 14.3 Å². The van der Waals surface area contributed by atoms with Gasteiger partial charge in [0.15, 0.2) is 0 Å². The molecule has 0 saturated carbocycles. The zero-order valence-corrected chi connectivity index (χ0v) is 13.2. The normalized spacial score (nSPS) is 16.6. The zero-order chi connectivity index (χ0) is 16.3. The van der Waals surface area contributed by atoms with Crippen molar-refractivity contribution in [3.63, 3.8) is 0 Å². The van der Waals surface area contributed by atoms with E-state index in [-0.39, 0.29) is 11.7 Å². The highest BCUT2D eigenvalue weighted by molar-refractivity contribution is 5.87. The van der Waals surface area contributed by atoms with Crippen molar-refractivity contribution in [3.05, 3.63) is 23.7 Å². The number of rotatable bonds is 3. The first-order valence-corrected chi connectivity index (χ1v) is 7.25. The summed E-state index contributed by atoms with van der Waals surface area (Å²) in [6.07, 6.45) is 0.951. The Bertz CT molecular complexity index is 538. The van der Waals surface area contributed by atoms with Crippen molar-refractivity contribution in [2.24, 2.45) is 0 Å². The lowest BCUT2D eigenvalue weighted by Gasteiger charge is -2.35. The second-order valence-corrected chi connectivity index (χ2v) is 6.35. The maximum atomic E-state index is 12.0. The summed E-state index contributed by atoms with van der Waals surface area (Å²) in [6, 6.07) is 1.53. The van der Waals surface area contributed by atoms with Gasteiger partial charge in [-0.2, -0.15) is 0 Å². The SMILES string of the molecule is CC(C)(C)OC(=O)N1CCN(Cc2cc(C(=O)O)co2)CC1. The summed E-state index contributed by atoms with van der Waals surface area (Å²) >= 11 is 0. The van der Waals surface area contributed by atoms with E-state index in [2.05, 4.69) is 4.90 Å². The topological polar surface area (TPSA) is 83.2 Å². The van der Waals surface area contributed by atoms with Crippen LogP contribution in [-0.4, -0.2) is 58.7 Å². The van der Waals surface area contributed by atoms with Gasteiger partial charge in [0.2, 0.25) is 0 Å². The number of hydrogen-bond acceptors (Lipinski definition) is 5. The number of carbonyl (C=O) groups is 2. The first kappa shape index (κ1) is 16.4. The lowest BCUT2D eigenvalue weighted by Crippen LogP contribution is -2.49. The summed E-state index contributed by atoms with van der Waals surface area (Å²) in [6.45, 7) is 8.64. The van der Waals surface area contributed by atoms with Gasteiger partial charge in [0.05, 0.1) is 12.1 Å². The summed E-state index contributed by atoms with van der Waals surface area (Å²) in [5.74, 6) is -0.382. The Kier molecular flexibility index (Phi) is 4.75. The maximum Gasteiger partial charge on any atom is 0.410 e. The number of furan rings is 1. The minimum atomic E-state index is -0.996. The van der Waals surface area contributed by atoms with Crippen molar-refractivity contribution < 1.29 is 23.8 Å². The van der Waals surface area contributed by atoms with Gasteiger partial charge in [0.1, 0.15) is 17.6 Å². The molecule has 0 aromatic carbocycles. The number of piperazine rings is 1. The van der Waals surface area contributed by atoms with Crippen LogP contribution in [0.5, 0.6) is 0 Å². The van der Waals surface area contributed by atoms with Gasteiger partial charge in [0.25, 0.3) is 0 Å². The molecule has 7 heteroatoms. The first-order valence-electron chi connectivity index (χ1n) is 7.25. The molecule has 122 valence electrons. The van der Waals surface area contributed by atoms with Crippen LogP contribution in [-0.2, 0) is 11.3 Å². The second kappa shape index (κ2) is 6.39. The van der Waals surface area contributed by atoms with Crippen molar-refractivity contribution in [1.82, 2.24) is 9.80 Å². The van der Waals surface area contributed by atoms with Crippen LogP contribution in [0, 0.1) is 0 Å². The largest absolute Gasteiger partial charge is 0.478 e. The molecule has 0 radical (unpaired) electrons. The molecule has 1 N–H and O–H groups in total. The molecular formula is C15H22N2O5. The van der Waals surface area contributed by atoms with Crippen LogP contribution < -0.4 is 0 Å². The third-order valence-corrected chi connectivity index (χ3v) is 3.30. The van der Waals surface area contributed by atoms with E-state index in [1.165, 1.54) is 12.3 Å². The number of hydrogen-bond donors (Lipinski definition) is 1. The Balaban J connectivity index is 1.81. The van der Waals surface area contributed by atoms with Crippen molar-refractivity contribution in [2.75, 3.05) is 26.2 Å². The van der Waals surface area contributed by atoms with Crippen LogP contribution in [0.4, 0.5) is 4.79 Å². The first-order chi connectivity index (χ1) is 10.2. The van der Waals surface area contributed by atoms with Gasteiger partial charge in [-0.05, 0) is 26.8 Å². The van der Waals surface area contributed by atoms with E-state index < -0.39 is 11.6 Å². The third-order valence-electron chi connectivity index (χ3n) is 3.30. The molecule has 2 rings (SSSR count). The van der Waals surface area contributed by atoms with Crippen molar-refractivity contribution >= 4 is 12.1 Å². The van der Waals surface area contributed by atoms with E-state index in [1.54, 1.807) is 4.90 Å². The molecule has 0 aliphatic carbocycles. The quantitative estimate of drug-likeness (QED) is 0.919. The summed E-state index contributed by atoms with van der Waals surface area (Å²) in [5, 5.41) is 8.86. The van der Waals surface area contributed by atoms with Crippen LogP contribution in [0.2, 0.25) is 0 Å². The van der Waals surface area contributed by atoms with Crippen LogP contribution in [0.3, 0.4) is 0 Å². The molecule has 1 aromatic rings. The summed E-state index contributed by atoms with van der Waals surface area (Å²) in [7, 11) is 0. The van der Waals surface area contributed by atoms with E-state index in [0.29, 0.717) is 38.5 Å². The monoisotopic (exact) mass is 310 g/mol. The molecule has 1 aliphatic heterocycles. The Morgan fingerprint density at radius 1 is 1.27 bits per heavy atom. The third kappa shape index (κ3) is 4.49. The van der Waals surface area contributed by atoms with Gasteiger partial charge >= 0.3 is 12.1 Å². The molecule has 1 saturated heterocycles. The molecule has 22 heavy (non-hydrogen) atoms. The molecule has 1 fully saturated rings. The zero-order valence-electron chi connectivity index (χ0n) is 13.2. The lowest BCUT2D eigenvalue weighted by molar-refractivity contribution is 0.0134. The highest BCUT2D eigenvalue weighted by Crippen LogP contribution is 2.15. The number of carboxylic acids is 1. The van der Waals surface area contributed by atoms with E-state index in [1.807, 2.05) is 20.8 Å². The number of carboxylic acid groups (broad SMARTS) is 1. The van der Waals surface area contributed by atoms with Crippen molar-refractivity contribution in [2.45, 2.75) is 32.9 Å². The van der Waals surface area contributed by atoms with Gasteiger partial charge in [-0.15, -0.1) is 0 Å². The highest BCUT2D eigenvalue weighted by Gasteiger charge is 2.26. The fourth-order valence-corrected chi connectivity index (χ4v) is 2.21. The molecule has 0 atom stereocenters. The molecule has 0 spiro atoms. The summed E-state index contributed by atoms with van der Waals surface area (Å²) < 4.78 is 10.6. The fraction of sp³-hybridized carbons (Fsp3) is 0.600. The number of ether oxygens (including phenoxy) is 1. The predicted molar refractivity (Wildman–Crippen MR) is 78.8 cm³/mol. The molecule has 1 aliphatic rings. The van der Waals surface area contributed by atoms with Crippen molar-refractivity contribution in [3.8, 4) is 0 Å². The van der Waals surface area contributed by atoms with Crippen LogP contribution in [0.15, 0.2) is 16.7 Å². The van der Waals surface area contributed by atoms with Crippen molar-refractivity contribution in [1.29, 1.82) is 0 Å². The molecule has 1 amide bonds. The number of carbonyl (C=O) groups excluding carboxylic acids is 1. The van der Waals surface area contributed by atoms with Gasteiger partial charge in [-0.3, -0.25) is 4.90 Å². The minimum absolute atomic E-state index is 0.155. The van der Waals surface area contributed by atoms with E-state index >= 15 is 0 Å². The predicted octanol–water partition coefficient (Wildman–Crippen LogP) is 2.03. The Labute approximate surface area is 129 Å². The average Bonchev–Trinajstić information content (AvgIpc) is 2.86. The molecule has 2 heterocycles. The Morgan fingerprint density at radius 3 is 2.41 bits per heavy atom. The number of aromatic carboxylic acids is 1. The molecule has 1 aromatic heterocycles. The van der Waals surface area contributed by atoms with Gasteiger partial charge in [-0.1, -0.05) is 0 Å². The number of amides is 1. The Hall–Kier alpha value is -2.02. The molecule has 7 nitrogen and oxygen atoms in total. The standard InChI is InChI=1S/C15H22N2O5/c1-15(2,3)22-14(20)17-6-4-16(5-7-17)9-12-8-11(10-21-12)13(18)19/h8,10H,4-7,9H2,1-3H3,(H,18,19). The van der Waals surface area contributed by atoms with Gasteiger partial charge < -0.3 is 19.2 Å². The summed E-state index contributed by atoms with van der Waals surface area (Å²) in [5.41, 5.74) is -0.335. The van der Waals surface area contributed by atoms with Crippen LogP contribution in [0.25, 0.3) is 0 Å². The van der Waals surface area contributed by atoms with Crippen LogP contribution in [0.1, 0.15) is 36.9 Å². The average molecular weight is 310 g/mol. The highest BCUT2D eigenvalue weighted by atomic mass is 16.6. The fourth-order valence-electron chi connectivity index (χ4n) is 2.21. The second-order valence-electron chi connectivity index (χ2n) is 6.35. The Morgan fingerprint density at radius 2 is 1.91 bits per heavy atom. The molecule has 0 unspecified atom stereocenters. The minimum Gasteiger partial charge on any atom is -0.478 e. The lowest BCUT2D eigenvalue weighted by atomic mass is 10.2.